The van der Waals surface area contributed by atoms with Crippen molar-refractivity contribution < 1.29 is 17.9 Å². The second-order valence-electron chi connectivity index (χ2n) is 7.52. The maximum atomic E-state index is 13.2. The molecule has 0 atom stereocenters. The van der Waals surface area contributed by atoms with E-state index in [1.165, 1.54) is 4.31 Å². The van der Waals surface area contributed by atoms with Gasteiger partial charge in [-0.1, -0.05) is 23.8 Å². The van der Waals surface area contributed by atoms with Crippen molar-refractivity contribution in [2.75, 3.05) is 23.3 Å². The van der Waals surface area contributed by atoms with E-state index in [-0.39, 0.29) is 10.8 Å². The molecular formula is C24H24N2O4S. The maximum absolute atomic E-state index is 13.2. The Morgan fingerprint density at radius 2 is 1.81 bits per heavy atom. The van der Waals surface area contributed by atoms with Gasteiger partial charge in [0.1, 0.15) is 5.75 Å². The number of nitrogens with zero attached hydrogens (tertiary/aromatic N) is 1. The number of fused-ring (bicyclic) bond motifs is 1. The Kier molecular flexibility index (Phi) is 5.69. The van der Waals surface area contributed by atoms with Gasteiger partial charge in [-0.3, -0.25) is 9.10 Å². The number of rotatable bonds is 5. The third-order valence-corrected chi connectivity index (χ3v) is 7.18. The van der Waals surface area contributed by atoms with Gasteiger partial charge in [-0.05, 0) is 67.8 Å². The zero-order valence-electron chi connectivity index (χ0n) is 17.5. The number of nitrogens with one attached hydrogen (secondary N) is 1. The van der Waals surface area contributed by atoms with Crippen molar-refractivity contribution in [2.45, 2.75) is 24.7 Å². The molecule has 1 aliphatic rings. The van der Waals surface area contributed by atoms with Crippen molar-refractivity contribution in [3.05, 3.63) is 83.4 Å². The molecule has 0 radical (unpaired) electrons. The lowest BCUT2D eigenvalue weighted by Gasteiger charge is -2.30. The van der Waals surface area contributed by atoms with Gasteiger partial charge in [0.05, 0.1) is 17.7 Å². The van der Waals surface area contributed by atoms with Crippen molar-refractivity contribution in [1.29, 1.82) is 0 Å². The van der Waals surface area contributed by atoms with Crippen LogP contribution < -0.4 is 14.4 Å². The Bertz CT molecular complexity index is 1220. The molecule has 3 aromatic rings. The molecule has 1 N–H and O–H groups in total. The van der Waals surface area contributed by atoms with Gasteiger partial charge in [0.15, 0.2) is 0 Å². The summed E-state index contributed by atoms with van der Waals surface area (Å²) in [5.74, 6) is 0.398. The minimum Gasteiger partial charge on any atom is -0.497 e. The van der Waals surface area contributed by atoms with E-state index in [1.807, 2.05) is 6.92 Å². The summed E-state index contributed by atoms with van der Waals surface area (Å²) in [6, 6.07) is 19.2. The van der Waals surface area contributed by atoms with Crippen LogP contribution in [0.25, 0.3) is 0 Å². The number of hydrogen-bond donors (Lipinski definition) is 1. The number of ether oxygens (including phenoxy) is 1. The van der Waals surface area contributed by atoms with Crippen molar-refractivity contribution in [3.63, 3.8) is 0 Å². The van der Waals surface area contributed by atoms with Crippen LogP contribution in [0.4, 0.5) is 11.4 Å². The van der Waals surface area contributed by atoms with Crippen LogP contribution in [0.1, 0.15) is 27.9 Å². The fourth-order valence-electron chi connectivity index (χ4n) is 3.70. The van der Waals surface area contributed by atoms with Crippen LogP contribution in [0.3, 0.4) is 0 Å². The average Bonchev–Trinajstić information content (AvgIpc) is 2.78. The van der Waals surface area contributed by atoms with Crippen LogP contribution in [0, 0.1) is 6.92 Å². The van der Waals surface area contributed by atoms with Gasteiger partial charge < -0.3 is 10.1 Å². The molecule has 3 aromatic carbocycles. The SMILES string of the molecule is COc1cccc(NC(=O)c2ccc3c(c2)CCCN3S(=O)(=O)c2ccc(C)cc2)c1. The van der Waals surface area contributed by atoms with E-state index in [9.17, 15) is 13.2 Å². The first-order valence-corrected chi connectivity index (χ1v) is 11.5. The number of methoxy groups -OCH3 is 1. The van der Waals surface area contributed by atoms with Crippen molar-refractivity contribution in [3.8, 4) is 5.75 Å². The van der Waals surface area contributed by atoms with Gasteiger partial charge >= 0.3 is 0 Å². The molecule has 0 aliphatic carbocycles. The first-order chi connectivity index (χ1) is 14.9. The number of carbonyl (C=O) groups excluding carboxylic acids is 1. The van der Waals surface area contributed by atoms with Crippen LogP contribution in [0.5, 0.6) is 5.75 Å². The molecule has 0 spiro atoms. The highest BCUT2D eigenvalue weighted by atomic mass is 32.2. The number of amides is 1. The third kappa shape index (κ3) is 4.27. The molecule has 1 heterocycles. The fraction of sp³-hybridized carbons (Fsp3) is 0.208. The van der Waals surface area contributed by atoms with Gasteiger partial charge in [0, 0.05) is 23.9 Å². The molecule has 0 unspecified atom stereocenters. The van der Waals surface area contributed by atoms with E-state index >= 15 is 0 Å². The van der Waals surface area contributed by atoms with E-state index in [2.05, 4.69) is 5.32 Å². The van der Waals surface area contributed by atoms with E-state index in [1.54, 1.807) is 73.8 Å². The van der Waals surface area contributed by atoms with Gasteiger partial charge in [-0.25, -0.2) is 8.42 Å². The molecular weight excluding hydrogens is 412 g/mol. The predicted octanol–water partition coefficient (Wildman–Crippen LogP) is 4.40. The van der Waals surface area contributed by atoms with Crippen molar-refractivity contribution in [2.24, 2.45) is 0 Å². The van der Waals surface area contributed by atoms with Gasteiger partial charge in [-0.2, -0.15) is 0 Å². The van der Waals surface area contributed by atoms with E-state index in [0.29, 0.717) is 35.7 Å². The largest absolute Gasteiger partial charge is 0.497 e. The van der Waals surface area contributed by atoms with Crippen molar-refractivity contribution in [1.82, 2.24) is 0 Å². The molecule has 0 saturated carbocycles. The first kappa shape index (κ1) is 20.9. The number of benzene rings is 3. The monoisotopic (exact) mass is 436 g/mol. The second-order valence-corrected chi connectivity index (χ2v) is 9.39. The van der Waals surface area contributed by atoms with Gasteiger partial charge in [-0.15, -0.1) is 0 Å². The lowest BCUT2D eigenvalue weighted by molar-refractivity contribution is 0.102. The standard InChI is InChI=1S/C24H24N2O4S/c1-17-8-11-22(12-9-17)31(28,29)26-14-4-5-18-15-19(10-13-23(18)26)24(27)25-20-6-3-7-21(16-20)30-2/h3,6-13,15-16H,4-5,14H2,1-2H3,(H,25,27). The number of aryl methyl sites for hydroxylation is 2. The number of anilines is 2. The van der Waals surface area contributed by atoms with Crippen LogP contribution in [-0.2, 0) is 16.4 Å². The molecule has 0 aromatic heterocycles. The molecule has 1 aliphatic heterocycles. The average molecular weight is 437 g/mol. The number of sulfonamides is 1. The Morgan fingerprint density at radius 1 is 1.03 bits per heavy atom. The zero-order chi connectivity index (χ0) is 22.0. The van der Waals surface area contributed by atoms with Crippen molar-refractivity contribution >= 4 is 27.3 Å². The van der Waals surface area contributed by atoms with Crippen LogP contribution in [-0.4, -0.2) is 28.0 Å². The van der Waals surface area contributed by atoms with E-state index < -0.39 is 10.0 Å². The number of hydrogen-bond acceptors (Lipinski definition) is 4. The third-order valence-electron chi connectivity index (χ3n) is 5.35. The molecule has 4 rings (SSSR count). The van der Waals surface area contributed by atoms with E-state index in [4.69, 9.17) is 4.74 Å². The molecule has 0 bridgehead atoms. The molecule has 31 heavy (non-hydrogen) atoms. The summed E-state index contributed by atoms with van der Waals surface area (Å²) < 4.78 is 33.1. The van der Waals surface area contributed by atoms with Crippen LogP contribution in [0.2, 0.25) is 0 Å². The topological polar surface area (TPSA) is 75.7 Å². The smallest absolute Gasteiger partial charge is 0.264 e. The van der Waals surface area contributed by atoms with Gasteiger partial charge in [0.25, 0.3) is 15.9 Å². The Labute approximate surface area is 182 Å². The summed E-state index contributed by atoms with van der Waals surface area (Å²) in [5, 5.41) is 2.86. The minimum absolute atomic E-state index is 0.255. The summed E-state index contributed by atoms with van der Waals surface area (Å²) in [6.45, 7) is 2.34. The van der Waals surface area contributed by atoms with Crippen LogP contribution >= 0.6 is 0 Å². The highest BCUT2D eigenvalue weighted by Crippen LogP contribution is 2.33. The number of carbonyl (C=O) groups is 1. The minimum atomic E-state index is -3.66. The normalized spacial score (nSPS) is 13.4. The second kappa shape index (κ2) is 8.43. The molecule has 6 nitrogen and oxygen atoms in total. The lowest BCUT2D eigenvalue weighted by atomic mass is 10.0. The lowest BCUT2D eigenvalue weighted by Crippen LogP contribution is -2.35. The Hall–Kier alpha value is -3.32. The summed E-state index contributed by atoms with van der Waals surface area (Å²) in [4.78, 5) is 13.0. The Balaban J connectivity index is 1.61. The van der Waals surface area contributed by atoms with Crippen LogP contribution in [0.15, 0.2) is 71.6 Å². The highest BCUT2D eigenvalue weighted by molar-refractivity contribution is 7.92. The quantitative estimate of drug-likeness (QED) is 0.643. The zero-order valence-corrected chi connectivity index (χ0v) is 18.3. The molecule has 7 heteroatoms. The molecule has 160 valence electrons. The summed E-state index contributed by atoms with van der Waals surface area (Å²) in [7, 11) is -2.09. The summed E-state index contributed by atoms with van der Waals surface area (Å²) in [6.07, 6.45) is 1.41. The molecule has 1 amide bonds. The summed E-state index contributed by atoms with van der Waals surface area (Å²) >= 11 is 0. The molecule has 0 saturated heterocycles. The predicted molar refractivity (Wildman–Crippen MR) is 121 cm³/mol. The maximum Gasteiger partial charge on any atom is 0.264 e. The summed E-state index contributed by atoms with van der Waals surface area (Å²) in [5.41, 5.74) is 3.59. The van der Waals surface area contributed by atoms with Gasteiger partial charge in [0.2, 0.25) is 0 Å². The first-order valence-electron chi connectivity index (χ1n) is 10.1. The Morgan fingerprint density at radius 3 is 2.55 bits per heavy atom. The van der Waals surface area contributed by atoms with E-state index in [0.717, 1.165) is 17.5 Å². The highest BCUT2D eigenvalue weighted by Gasteiger charge is 2.29. The fourth-order valence-corrected chi connectivity index (χ4v) is 5.24. The molecule has 0 fully saturated rings.